The third-order valence-electron chi connectivity index (χ3n) is 7.54. The van der Waals surface area contributed by atoms with Gasteiger partial charge < -0.3 is 14.3 Å². The molecule has 0 bridgehead atoms. The van der Waals surface area contributed by atoms with E-state index in [1.165, 1.54) is 19.3 Å². The van der Waals surface area contributed by atoms with Crippen LogP contribution in [0.4, 0.5) is 0 Å². The number of carbonyl (C=O) groups is 1. The Morgan fingerprint density at radius 3 is 2.66 bits per heavy atom. The molecule has 194 valence electrons. The van der Waals surface area contributed by atoms with Crippen LogP contribution in [0.5, 0.6) is 0 Å². The molecular weight excluding hydrogens is 478 g/mol. The van der Waals surface area contributed by atoms with Crippen molar-refractivity contribution in [3.8, 4) is 22.8 Å². The van der Waals surface area contributed by atoms with Gasteiger partial charge in [-0.05, 0) is 60.7 Å². The molecule has 6 rings (SSSR count). The fraction of sp³-hybridized carbons (Fsp3) is 0.345. The van der Waals surface area contributed by atoms with Crippen LogP contribution in [-0.4, -0.2) is 42.1 Å². The zero-order valence-electron chi connectivity index (χ0n) is 21.4. The van der Waals surface area contributed by atoms with Crippen molar-refractivity contribution >= 4 is 16.9 Å². The quantitative estimate of drug-likeness (QED) is 0.276. The number of benzene rings is 2. The van der Waals surface area contributed by atoms with Crippen LogP contribution in [0.1, 0.15) is 67.4 Å². The fourth-order valence-corrected chi connectivity index (χ4v) is 5.47. The highest BCUT2D eigenvalue weighted by Crippen LogP contribution is 2.36. The molecule has 2 N–H and O–H groups in total. The molecule has 2 aromatic carbocycles. The predicted molar refractivity (Wildman–Crippen MR) is 144 cm³/mol. The average Bonchev–Trinajstić information content (AvgIpc) is 3.74. The van der Waals surface area contributed by atoms with E-state index in [0.717, 1.165) is 59.2 Å². The molecule has 1 fully saturated rings. The Hall–Kier alpha value is -4.27. The first kappa shape index (κ1) is 24.1. The first-order valence-electron chi connectivity index (χ1n) is 13.4. The summed E-state index contributed by atoms with van der Waals surface area (Å²) in [6.45, 7) is 2.09. The summed E-state index contributed by atoms with van der Waals surface area (Å²) in [5.74, 6) is 1.39. The van der Waals surface area contributed by atoms with Crippen LogP contribution >= 0.6 is 0 Å². The number of furan rings is 1. The number of carbonyl (C=O) groups excluding carboxylic acids is 1. The van der Waals surface area contributed by atoms with Crippen LogP contribution in [0, 0.1) is 0 Å². The number of hydrogen-bond acceptors (Lipinski definition) is 6. The number of tetrazole rings is 1. The van der Waals surface area contributed by atoms with Crippen LogP contribution in [-0.2, 0) is 6.42 Å². The first-order valence-corrected chi connectivity index (χ1v) is 13.4. The van der Waals surface area contributed by atoms with Crippen LogP contribution in [0.25, 0.3) is 33.8 Å². The van der Waals surface area contributed by atoms with Crippen LogP contribution < -0.4 is 5.32 Å². The number of aromatic nitrogens is 6. The third-order valence-corrected chi connectivity index (χ3v) is 7.54. The molecule has 1 amide bonds. The number of nitrogens with zero attached hydrogens (tertiary/aromatic N) is 5. The van der Waals surface area contributed by atoms with Gasteiger partial charge in [-0.2, -0.15) is 5.21 Å². The lowest BCUT2D eigenvalue weighted by atomic mass is 9.95. The van der Waals surface area contributed by atoms with E-state index in [9.17, 15) is 4.79 Å². The Labute approximate surface area is 220 Å². The molecule has 9 nitrogen and oxygen atoms in total. The fourth-order valence-electron chi connectivity index (χ4n) is 5.47. The van der Waals surface area contributed by atoms with Gasteiger partial charge in [0.2, 0.25) is 5.82 Å². The smallest absolute Gasteiger partial charge is 0.251 e. The van der Waals surface area contributed by atoms with Crippen LogP contribution in [0.15, 0.2) is 65.5 Å². The number of rotatable bonds is 8. The van der Waals surface area contributed by atoms with E-state index < -0.39 is 0 Å². The Morgan fingerprint density at radius 2 is 1.95 bits per heavy atom. The summed E-state index contributed by atoms with van der Waals surface area (Å²) in [4.78, 5) is 18.3. The van der Waals surface area contributed by atoms with Gasteiger partial charge in [0.15, 0.2) is 0 Å². The number of hydrogen-bond donors (Lipinski definition) is 2. The number of H-pyrrole nitrogens is 1. The highest BCUT2D eigenvalue weighted by Gasteiger charge is 2.24. The minimum absolute atomic E-state index is 0.00973. The third kappa shape index (κ3) is 4.83. The van der Waals surface area contributed by atoms with Gasteiger partial charge in [0.1, 0.15) is 12.1 Å². The van der Waals surface area contributed by atoms with Gasteiger partial charge in [-0.15, -0.1) is 10.2 Å². The molecule has 0 radical (unpaired) electrons. The second-order valence-corrected chi connectivity index (χ2v) is 10.0. The van der Waals surface area contributed by atoms with Crippen molar-refractivity contribution in [3.63, 3.8) is 0 Å². The van der Waals surface area contributed by atoms with Crippen molar-refractivity contribution in [2.45, 2.75) is 64.0 Å². The van der Waals surface area contributed by atoms with Crippen molar-refractivity contribution in [2.75, 3.05) is 0 Å². The number of aromatic amines is 1. The highest BCUT2D eigenvalue weighted by atomic mass is 16.3. The SMILES string of the molecule is CC[C@H](Cc1ccc(-c2nn[nH]n2)cc1)NC(=O)c1ccc2c(c1)nc(-c1ccoc1)n2C1CCCCC1. The van der Waals surface area contributed by atoms with Crippen molar-refractivity contribution in [1.29, 1.82) is 0 Å². The summed E-state index contributed by atoms with van der Waals surface area (Å²) in [6.07, 6.45) is 11.0. The van der Waals surface area contributed by atoms with Gasteiger partial charge in [0, 0.05) is 23.2 Å². The number of nitrogens with one attached hydrogen (secondary N) is 2. The van der Waals surface area contributed by atoms with Gasteiger partial charge in [-0.1, -0.05) is 50.5 Å². The average molecular weight is 510 g/mol. The van der Waals surface area contributed by atoms with Gasteiger partial charge in [-0.25, -0.2) is 4.98 Å². The number of amides is 1. The van der Waals surface area contributed by atoms with Gasteiger partial charge >= 0.3 is 0 Å². The lowest BCUT2D eigenvalue weighted by Crippen LogP contribution is -2.36. The Bertz CT molecular complexity index is 1500. The van der Waals surface area contributed by atoms with E-state index in [0.29, 0.717) is 17.4 Å². The molecule has 0 aliphatic heterocycles. The summed E-state index contributed by atoms with van der Waals surface area (Å²) in [6, 6.07) is 16.3. The van der Waals surface area contributed by atoms with Gasteiger partial charge in [-0.3, -0.25) is 4.79 Å². The molecule has 0 unspecified atom stereocenters. The molecule has 9 heteroatoms. The molecule has 1 saturated carbocycles. The molecule has 3 aromatic heterocycles. The normalized spacial score (nSPS) is 15.1. The Balaban J connectivity index is 1.21. The zero-order valence-corrected chi connectivity index (χ0v) is 21.4. The minimum Gasteiger partial charge on any atom is -0.472 e. The largest absolute Gasteiger partial charge is 0.472 e. The lowest BCUT2D eigenvalue weighted by Gasteiger charge is -2.25. The monoisotopic (exact) mass is 509 g/mol. The van der Waals surface area contributed by atoms with E-state index in [-0.39, 0.29) is 11.9 Å². The Kier molecular flexibility index (Phi) is 6.73. The lowest BCUT2D eigenvalue weighted by molar-refractivity contribution is 0.0936. The molecule has 1 atom stereocenters. The van der Waals surface area contributed by atoms with Crippen molar-refractivity contribution in [2.24, 2.45) is 0 Å². The second-order valence-electron chi connectivity index (χ2n) is 10.0. The maximum atomic E-state index is 13.3. The molecule has 3 heterocycles. The zero-order chi connectivity index (χ0) is 25.9. The number of fused-ring (bicyclic) bond motifs is 1. The van der Waals surface area contributed by atoms with Crippen molar-refractivity contribution < 1.29 is 9.21 Å². The topological polar surface area (TPSA) is 115 Å². The maximum Gasteiger partial charge on any atom is 0.251 e. The molecule has 1 aliphatic carbocycles. The molecule has 0 saturated heterocycles. The molecular formula is C29H31N7O2. The summed E-state index contributed by atoms with van der Waals surface area (Å²) in [7, 11) is 0. The standard InChI is InChI=1S/C29H31N7O2/c1-2-23(16-19-8-10-20(11-9-19)27-32-34-35-33-27)30-29(37)21-12-13-26-25(17-21)31-28(22-14-15-38-18-22)36(26)24-6-4-3-5-7-24/h8-15,17-18,23-24H,2-7,16H2,1H3,(H,30,37)(H,32,33,34,35)/t23-/m1/s1. The molecule has 1 aliphatic rings. The van der Waals surface area contributed by atoms with Gasteiger partial charge in [0.05, 0.1) is 22.9 Å². The van der Waals surface area contributed by atoms with Crippen LogP contribution in [0.2, 0.25) is 0 Å². The molecule has 0 spiro atoms. The second kappa shape index (κ2) is 10.6. The summed E-state index contributed by atoms with van der Waals surface area (Å²) in [5.41, 5.74) is 5.53. The minimum atomic E-state index is -0.0840. The van der Waals surface area contributed by atoms with E-state index >= 15 is 0 Å². The van der Waals surface area contributed by atoms with Crippen molar-refractivity contribution in [1.82, 2.24) is 35.5 Å². The van der Waals surface area contributed by atoms with E-state index in [1.54, 1.807) is 12.5 Å². The summed E-state index contributed by atoms with van der Waals surface area (Å²) < 4.78 is 7.73. The number of imidazole rings is 1. The molecule has 5 aromatic rings. The highest BCUT2D eigenvalue weighted by molar-refractivity contribution is 5.98. The van der Waals surface area contributed by atoms with Crippen LogP contribution in [0.3, 0.4) is 0 Å². The molecule has 38 heavy (non-hydrogen) atoms. The van der Waals surface area contributed by atoms with E-state index in [4.69, 9.17) is 9.40 Å². The van der Waals surface area contributed by atoms with Crippen molar-refractivity contribution in [3.05, 3.63) is 72.2 Å². The van der Waals surface area contributed by atoms with E-state index in [2.05, 4.69) is 37.4 Å². The summed E-state index contributed by atoms with van der Waals surface area (Å²) in [5, 5.41) is 17.3. The van der Waals surface area contributed by atoms with Gasteiger partial charge in [0.25, 0.3) is 5.91 Å². The Morgan fingerprint density at radius 1 is 1.11 bits per heavy atom. The maximum absolute atomic E-state index is 13.3. The first-order chi connectivity index (χ1) is 18.7. The predicted octanol–water partition coefficient (Wildman–Crippen LogP) is 5.73. The summed E-state index contributed by atoms with van der Waals surface area (Å²) >= 11 is 0. The van der Waals surface area contributed by atoms with E-state index in [1.807, 2.05) is 48.5 Å².